The zero-order chi connectivity index (χ0) is 22.7. The Labute approximate surface area is 186 Å². The summed E-state index contributed by atoms with van der Waals surface area (Å²) in [5.41, 5.74) is 1.80. The summed E-state index contributed by atoms with van der Waals surface area (Å²) in [5, 5.41) is 11.9. The maximum atomic E-state index is 13.2. The van der Waals surface area contributed by atoms with E-state index in [9.17, 15) is 14.4 Å². The van der Waals surface area contributed by atoms with Crippen LogP contribution in [0.5, 0.6) is 5.75 Å². The van der Waals surface area contributed by atoms with Gasteiger partial charge in [-0.05, 0) is 36.6 Å². The van der Waals surface area contributed by atoms with Crippen molar-refractivity contribution < 1.29 is 29.0 Å². The number of anilines is 1. The van der Waals surface area contributed by atoms with Crippen LogP contribution in [0.3, 0.4) is 0 Å². The molecule has 1 saturated heterocycles. The number of amides is 2. The number of ether oxygens (including phenoxy) is 2. The third-order valence-corrected chi connectivity index (χ3v) is 5.91. The number of rotatable bonds is 5. The van der Waals surface area contributed by atoms with E-state index in [4.69, 9.17) is 14.6 Å². The van der Waals surface area contributed by atoms with Crippen LogP contribution in [0.1, 0.15) is 35.2 Å². The normalized spacial score (nSPS) is 22.6. The first-order valence-electron chi connectivity index (χ1n) is 10.7. The Hall–Kier alpha value is -3.39. The zero-order valence-electron chi connectivity index (χ0n) is 17.8. The van der Waals surface area contributed by atoms with Gasteiger partial charge in [-0.15, -0.1) is 0 Å². The number of nitrogens with zero attached hydrogens (tertiary/aromatic N) is 1. The number of likely N-dealkylation sites (N-methyl/N-ethyl adjacent to an activating group) is 1. The van der Waals surface area contributed by atoms with Gasteiger partial charge >= 0.3 is 5.97 Å². The Kier molecular flexibility index (Phi) is 6.41. The summed E-state index contributed by atoms with van der Waals surface area (Å²) in [4.78, 5) is 38.3. The molecule has 2 aromatic carbocycles. The number of carboxylic acids is 1. The van der Waals surface area contributed by atoms with Gasteiger partial charge in [0.15, 0.2) is 0 Å². The van der Waals surface area contributed by atoms with E-state index in [0.717, 1.165) is 5.56 Å². The maximum absolute atomic E-state index is 13.2. The zero-order valence-corrected chi connectivity index (χ0v) is 17.8. The predicted molar refractivity (Wildman–Crippen MR) is 117 cm³/mol. The lowest BCUT2D eigenvalue weighted by molar-refractivity contribution is -0.148. The number of benzene rings is 2. The van der Waals surface area contributed by atoms with Crippen molar-refractivity contribution in [3.63, 3.8) is 0 Å². The maximum Gasteiger partial charge on any atom is 0.305 e. The highest BCUT2D eigenvalue weighted by Gasteiger charge is 2.39. The molecule has 2 aromatic rings. The van der Waals surface area contributed by atoms with Crippen molar-refractivity contribution in [1.29, 1.82) is 0 Å². The smallest absolute Gasteiger partial charge is 0.305 e. The summed E-state index contributed by atoms with van der Waals surface area (Å²) in [6, 6.07) is 14.2. The molecule has 0 aliphatic carbocycles. The number of fused-ring (bicyclic) bond motifs is 2. The van der Waals surface area contributed by atoms with E-state index in [1.807, 2.05) is 30.3 Å². The molecule has 0 saturated carbocycles. The first-order chi connectivity index (χ1) is 15.4. The lowest BCUT2D eigenvalue weighted by Crippen LogP contribution is -2.53. The number of carboxylic acid groups (broad SMARTS) is 1. The van der Waals surface area contributed by atoms with Crippen molar-refractivity contribution in [3.05, 3.63) is 59.7 Å². The van der Waals surface area contributed by atoms with Gasteiger partial charge in [0.2, 0.25) is 5.91 Å². The molecule has 4 rings (SSSR count). The fourth-order valence-corrected chi connectivity index (χ4v) is 4.29. The average Bonchev–Trinajstić information content (AvgIpc) is 2.77. The molecule has 0 unspecified atom stereocenters. The second-order valence-electron chi connectivity index (χ2n) is 8.19. The van der Waals surface area contributed by atoms with Gasteiger partial charge in [-0.2, -0.15) is 0 Å². The standard InChI is InChI=1S/C24H26N2O6/c1-26-19-9-8-17(13-23(28)29)32-21(19)14-31-20-10-7-16(12-18(20)24(26)30)25-22(27)11-15-5-3-2-4-6-15/h2-7,10,12,17,19,21H,8-9,11,13-14H2,1H3,(H,25,27)(H,28,29)/t17-,19+,21-/m0/s1. The van der Waals surface area contributed by atoms with Crippen LogP contribution < -0.4 is 10.1 Å². The molecule has 0 aromatic heterocycles. The van der Waals surface area contributed by atoms with Crippen molar-refractivity contribution in [2.24, 2.45) is 0 Å². The van der Waals surface area contributed by atoms with Gasteiger partial charge in [0.1, 0.15) is 18.5 Å². The Morgan fingerprint density at radius 1 is 1.16 bits per heavy atom. The Bertz CT molecular complexity index is 1010. The number of nitrogens with one attached hydrogen (secondary N) is 1. The number of carbonyl (C=O) groups is 3. The van der Waals surface area contributed by atoms with Crippen LogP contribution in [-0.2, 0) is 20.7 Å². The van der Waals surface area contributed by atoms with Crippen LogP contribution in [0.4, 0.5) is 5.69 Å². The van der Waals surface area contributed by atoms with Crippen molar-refractivity contribution in [2.75, 3.05) is 19.0 Å². The third-order valence-electron chi connectivity index (χ3n) is 5.91. The molecule has 2 aliphatic heterocycles. The van der Waals surface area contributed by atoms with Crippen LogP contribution in [0.25, 0.3) is 0 Å². The molecule has 168 valence electrons. The van der Waals surface area contributed by atoms with Crippen molar-refractivity contribution in [2.45, 2.75) is 43.9 Å². The van der Waals surface area contributed by atoms with Gasteiger partial charge in [-0.1, -0.05) is 30.3 Å². The molecule has 2 aliphatic rings. The largest absolute Gasteiger partial charge is 0.490 e. The van der Waals surface area contributed by atoms with Crippen LogP contribution in [-0.4, -0.2) is 59.7 Å². The van der Waals surface area contributed by atoms with Crippen LogP contribution in [0.2, 0.25) is 0 Å². The fraction of sp³-hybridized carbons (Fsp3) is 0.375. The van der Waals surface area contributed by atoms with Gasteiger partial charge in [0, 0.05) is 12.7 Å². The number of hydrogen-bond acceptors (Lipinski definition) is 5. The summed E-state index contributed by atoms with van der Waals surface area (Å²) >= 11 is 0. The SMILES string of the molecule is CN1C(=O)c2cc(NC(=O)Cc3ccccc3)ccc2OC[C@@H]2O[C@H](CC(=O)O)CC[C@H]21. The topological polar surface area (TPSA) is 105 Å². The van der Waals surface area contributed by atoms with Crippen molar-refractivity contribution >= 4 is 23.5 Å². The van der Waals surface area contributed by atoms with E-state index in [0.29, 0.717) is 29.8 Å². The molecule has 1 fully saturated rings. The van der Waals surface area contributed by atoms with E-state index in [-0.39, 0.29) is 43.4 Å². The molecule has 32 heavy (non-hydrogen) atoms. The molecular weight excluding hydrogens is 412 g/mol. The second-order valence-corrected chi connectivity index (χ2v) is 8.19. The number of carbonyl (C=O) groups excluding carboxylic acids is 2. The fourth-order valence-electron chi connectivity index (χ4n) is 4.29. The highest BCUT2D eigenvalue weighted by molar-refractivity contribution is 6.00. The summed E-state index contributed by atoms with van der Waals surface area (Å²) in [6.45, 7) is 0.213. The van der Waals surface area contributed by atoms with Crippen LogP contribution >= 0.6 is 0 Å². The van der Waals surface area contributed by atoms with Crippen LogP contribution in [0, 0.1) is 0 Å². The van der Waals surface area contributed by atoms with E-state index in [1.165, 1.54) is 0 Å². The molecule has 0 bridgehead atoms. The molecule has 2 N–H and O–H groups in total. The highest BCUT2D eigenvalue weighted by atomic mass is 16.5. The van der Waals surface area contributed by atoms with Gasteiger partial charge < -0.3 is 24.8 Å². The molecule has 2 amide bonds. The van der Waals surface area contributed by atoms with Gasteiger partial charge in [-0.25, -0.2) is 0 Å². The van der Waals surface area contributed by atoms with E-state index in [1.54, 1.807) is 30.1 Å². The molecule has 0 radical (unpaired) electrons. The minimum absolute atomic E-state index is 0.0660. The van der Waals surface area contributed by atoms with E-state index in [2.05, 4.69) is 5.32 Å². The first kappa shape index (κ1) is 21.8. The highest BCUT2D eigenvalue weighted by Crippen LogP contribution is 2.32. The summed E-state index contributed by atoms with van der Waals surface area (Å²) < 4.78 is 11.8. The van der Waals surface area contributed by atoms with Gasteiger partial charge in [0.25, 0.3) is 5.91 Å². The predicted octanol–water partition coefficient (Wildman–Crippen LogP) is 2.72. The Morgan fingerprint density at radius 2 is 1.94 bits per heavy atom. The minimum Gasteiger partial charge on any atom is -0.490 e. The first-order valence-corrected chi connectivity index (χ1v) is 10.7. The molecule has 8 heteroatoms. The second kappa shape index (κ2) is 9.40. The monoisotopic (exact) mass is 438 g/mol. The number of hydrogen-bond donors (Lipinski definition) is 2. The summed E-state index contributed by atoms with van der Waals surface area (Å²) in [5.74, 6) is -0.898. The molecule has 2 heterocycles. The molecular formula is C24H26N2O6. The van der Waals surface area contributed by atoms with Gasteiger partial charge in [0.05, 0.1) is 30.6 Å². The minimum atomic E-state index is -0.906. The van der Waals surface area contributed by atoms with E-state index >= 15 is 0 Å². The number of aliphatic carboxylic acids is 1. The quantitative estimate of drug-likeness (QED) is 0.744. The summed E-state index contributed by atoms with van der Waals surface area (Å²) in [6.07, 6.45) is 0.581. The lowest BCUT2D eigenvalue weighted by atomic mass is 9.94. The Morgan fingerprint density at radius 3 is 2.69 bits per heavy atom. The van der Waals surface area contributed by atoms with Crippen molar-refractivity contribution in [3.8, 4) is 5.75 Å². The van der Waals surface area contributed by atoms with Crippen LogP contribution in [0.15, 0.2) is 48.5 Å². The molecule has 8 nitrogen and oxygen atoms in total. The third kappa shape index (κ3) is 4.91. The lowest BCUT2D eigenvalue weighted by Gasteiger charge is -2.42. The average molecular weight is 438 g/mol. The van der Waals surface area contributed by atoms with Gasteiger partial charge in [-0.3, -0.25) is 14.4 Å². The summed E-state index contributed by atoms with van der Waals surface area (Å²) in [7, 11) is 1.72. The van der Waals surface area contributed by atoms with E-state index < -0.39 is 12.1 Å². The molecule has 0 spiro atoms. The Balaban J connectivity index is 1.49. The van der Waals surface area contributed by atoms with Crippen molar-refractivity contribution in [1.82, 2.24) is 4.90 Å². The molecule has 3 atom stereocenters.